The number of nitrogens with zero attached hydrogens (tertiary/aromatic N) is 2. The third-order valence-electron chi connectivity index (χ3n) is 7.34. The van der Waals surface area contributed by atoms with Gasteiger partial charge in [-0.15, -0.1) is 0 Å². The van der Waals surface area contributed by atoms with Crippen molar-refractivity contribution in [2.24, 2.45) is 11.8 Å². The van der Waals surface area contributed by atoms with E-state index in [2.05, 4.69) is 62.8 Å². The normalized spacial score (nSPS) is 21.9. The van der Waals surface area contributed by atoms with Crippen LogP contribution in [0, 0.1) is 11.8 Å². The van der Waals surface area contributed by atoms with Gasteiger partial charge in [0.2, 0.25) is 0 Å². The molecule has 3 heteroatoms. The summed E-state index contributed by atoms with van der Waals surface area (Å²) >= 11 is 6.12. The van der Waals surface area contributed by atoms with Gasteiger partial charge >= 0.3 is 0 Å². The number of halogens is 1. The Morgan fingerprint density at radius 3 is 2.03 bits per heavy atom. The third-order valence-corrected chi connectivity index (χ3v) is 7.60. The number of likely N-dealkylation sites (tertiary alicyclic amines) is 2. The van der Waals surface area contributed by atoms with Gasteiger partial charge in [-0.3, -0.25) is 4.90 Å². The molecule has 0 bridgehead atoms. The second-order valence-electron chi connectivity index (χ2n) is 10.4. The molecule has 2 fully saturated rings. The molecule has 162 valence electrons. The zero-order valence-corrected chi connectivity index (χ0v) is 20.0. The molecule has 0 aromatic heterocycles. The Balaban J connectivity index is 1.63. The Labute approximate surface area is 184 Å². The standard InChI is InChI=1S/C26H41ClN2/c1-20(2)18-25(19-26(3,4)23-6-8-24(27)9-7-23)29-16-12-22(13-17-29)21-10-14-28(5)15-11-21/h6-9,18,21-22,25H,10-17,19H2,1-5H3. The van der Waals surface area contributed by atoms with E-state index in [1.54, 1.807) is 0 Å². The molecular formula is C26H41ClN2. The minimum absolute atomic E-state index is 0.131. The van der Waals surface area contributed by atoms with E-state index in [-0.39, 0.29) is 5.41 Å². The number of hydrogen-bond acceptors (Lipinski definition) is 2. The van der Waals surface area contributed by atoms with E-state index < -0.39 is 0 Å². The van der Waals surface area contributed by atoms with Gasteiger partial charge in [-0.05, 0) is 114 Å². The first-order chi connectivity index (χ1) is 13.7. The number of allylic oxidation sites excluding steroid dienone is 1. The van der Waals surface area contributed by atoms with Gasteiger partial charge in [-0.25, -0.2) is 0 Å². The largest absolute Gasteiger partial charge is 0.306 e. The summed E-state index contributed by atoms with van der Waals surface area (Å²) in [5.74, 6) is 1.90. The molecule has 1 unspecified atom stereocenters. The monoisotopic (exact) mass is 416 g/mol. The highest BCUT2D eigenvalue weighted by Gasteiger charge is 2.33. The lowest BCUT2D eigenvalue weighted by Gasteiger charge is -2.43. The summed E-state index contributed by atoms with van der Waals surface area (Å²) in [4.78, 5) is 5.26. The molecule has 0 spiro atoms. The zero-order chi connectivity index (χ0) is 21.0. The van der Waals surface area contributed by atoms with Crippen molar-refractivity contribution in [1.82, 2.24) is 9.80 Å². The van der Waals surface area contributed by atoms with Gasteiger partial charge in [0, 0.05) is 11.1 Å². The van der Waals surface area contributed by atoms with Crippen LogP contribution in [0.2, 0.25) is 5.02 Å². The Bertz CT molecular complexity index is 658. The highest BCUT2D eigenvalue weighted by atomic mass is 35.5. The number of benzene rings is 1. The van der Waals surface area contributed by atoms with Crippen LogP contribution in [0.1, 0.15) is 65.4 Å². The summed E-state index contributed by atoms with van der Waals surface area (Å²) < 4.78 is 0. The van der Waals surface area contributed by atoms with Crippen molar-refractivity contribution in [3.05, 3.63) is 46.5 Å². The molecule has 3 rings (SSSR count). The molecule has 0 amide bonds. The second-order valence-corrected chi connectivity index (χ2v) is 10.9. The van der Waals surface area contributed by atoms with Crippen LogP contribution in [-0.2, 0) is 5.41 Å². The van der Waals surface area contributed by atoms with E-state index in [9.17, 15) is 0 Å². The predicted octanol–water partition coefficient (Wildman–Crippen LogP) is 6.40. The highest BCUT2D eigenvalue weighted by molar-refractivity contribution is 6.30. The Morgan fingerprint density at radius 2 is 1.52 bits per heavy atom. The average molecular weight is 417 g/mol. The summed E-state index contributed by atoms with van der Waals surface area (Å²) in [5, 5.41) is 0.821. The van der Waals surface area contributed by atoms with Crippen LogP contribution in [-0.4, -0.2) is 49.1 Å². The van der Waals surface area contributed by atoms with Gasteiger partial charge in [0.25, 0.3) is 0 Å². The molecule has 0 N–H and O–H groups in total. The van der Waals surface area contributed by atoms with E-state index in [1.807, 2.05) is 12.1 Å². The minimum Gasteiger partial charge on any atom is -0.306 e. The van der Waals surface area contributed by atoms with Crippen LogP contribution in [0.15, 0.2) is 35.9 Å². The fourth-order valence-electron chi connectivity index (χ4n) is 5.44. The maximum absolute atomic E-state index is 6.12. The molecule has 2 heterocycles. The summed E-state index contributed by atoms with van der Waals surface area (Å²) in [6.07, 6.45) is 9.22. The quantitative estimate of drug-likeness (QED) is 0.495. The van der Waals surface area contributed by atoms with Gasteiger partial charge < -0.3 is 4.90 Å². The van der Waals surface area contributed by atoms with Crippen molar-refractivity contribution in [1.29, 1.82) is 0 Å². The van der Waals surface area contributed by atoms with Gasteiger partial charge in [0.05, 0.1) is 0 Å². The van der Waals surface area contributed by atoms with Crippen molar-refractivity contribution in [3.8, 4) is 0 Å². The minimum atomic E-state index is 0.131. The van der Waals surface area contributed by atoms with Crippen LogP contribution in [0.3, 0.4) is 0 Å². The van der Waals surface area contributed by atoms with E-state index in [0.717, 1.165) is 23.3 Å². The summed E-state index contributed by atoms with van der Waals surface area (Å²) in [6, 6.07) is 8.98. The Kier molecular flexibility index (Phi) is 7.87. The molecule has 0 aliphatic carbocycles. The summed E-state index contributed by atoms with van der Waals surface area (Å²) in [5.41, 5.74) is 2.95. The van der Waals surface area contributed by atoms with Crippen molar-refractivity contribution >= 4 is 11.6 Å². The summed E-state index contributed by atoms with van der Waals surface area (Å²) in [7, 11) is 2.27. The van der Waals surface area contributed by atoms with Crippen LogP contribution in [0.25, 0.3) is 0 Å². The van der Waals surface area contributed by atoms with Crippen molar-refractivity contribution in [2.45, 2.75) is 71.3 Å². The van der Waals surface area contributed by atoms with Crippen LogP contribution < -0.4 is 0 Å². The van der Waals surface area contributed by atoms with E-state index in [1.165, 1.54) is 63.0 Å². The third kappa shape index (κ3) is 6.32. The lowest BCUT2D eigenvalue weighted by molar-refractivity contribution is 0.0856. The predicted molar refractivity (Wildman–Crippen MR) is 127 cm³/mol. The topological polar surface area (TPSA) is 6.48 Å². The molecule has 2 saturated heterocycles. The molecule has 1 aromatic carbocycles. The van der Waals surface area contributed by atoms with E-state index in [0.29, 0.717) is 6.04 Å². The molecule has 1 atom stereocenters. The molecule has 2 aliphatic heterocycles. The fourth-order valence-corrected chi connectivity index (χ4v) is 5.57. The van der Waals surface area contributed by atoms with Crippen molar-refractivity contribution in [3.63, 3.8) is 0 Å². The van der Waals surface area contributed by atoms with Gasteiger partial charge in [0.1, 0.15) is 0 Å². The average Bonchev–Trinajstić information content (AvgIpc) is 2.68. The molecule has 0 saturated carbocycles. The maximum Gasteiger partial charge on any atom is 0.0406 e. The second kappa shape index (κ2) is 9.98. The zero-order valence-electron chi connectivity index (χ0n) is 19.3. The number of hydrogen-bond donors (Lipinski definition) is 0. The molecule has 29 heavy (non-hydrogen) atoms. The molecule has 0 radical (unpaired) electrons. The Morgan fingerprint density at radius 1 is 1.00 bits per heavy atom. The molecule has 1 aromatic rings. The first kappa shape index (κ1) is 22.8. The lowest BCUT2D eigenvalue weighted by Crippen LogP contribution is -2.45. The molecule has 2 nitrogen and oxygen atoms in total. The SMILES string of the molecule is CC(C)=CC(CC(C)(C)c1ccc(Cl)cc1)N1CCC(C2CCN(C)CC2)CC1. The van der Waals surface area contributed by atoms with Gasteiger partial charge in [0.15, 0.2) is 0 Å². The van der Waals surface area contributed by atoms with Gasteiger partial charge in [-0.1, -0.05) is 49.2 Å². The maximum atomic E-state index is 6.12. The van der Waals surface area contributed by atoms with E-state index in [4.69, 9.17) is 11.6 Å². The van der Waals surface area contributed by atoms with Gasteiger partial charge in [-0.2, -0.15) is 0 Å². The highest BCUT2D eigenvalue weighted by Crippen LogP contribution is 2.36. The van der Waals surface area contributed by atoms with Crippen molar-refractivity contribution < 1.29 is 0 Å². The first-order valence-corrected chi connectivity index (χ1v) is 12.0. The first-order valence-electron chi connectivity index (χ1n) is 11.6. The van der Waals surface area contributed by atoms with E-state index >= 15 is 0 Å². The smallest absolute Gasteiger partial charge is 0.0406 e. The molecule has 2 aliphatic rings. The van der Waals surface area contributed by atoms with Crippen LogP contribution in [0.4, 0.5) is 0 Å². The lowest BCUT2D eigenvalue weighted by atomic mass is 9.76. The summed E-state index contributed by atoms with van der Waals surface area (Å²) in [6.45, 7) is 14.3. The van der Waals surface area contributed by atoms with Crippen LogP contribution >= 0.6 is 11.6 Å². The fraction of sp³-hybridized carbons (Fsp3) is 0.692. The van der Waals surface area contributed by atoms with Crippen molar-refractivity contribution in [2.75, 3.05) is 33.2 Å². The van der Waals surface area contributed by atoms with Crippen LogP contribution in [0.5, 0.6) is 0 Å². The number of rotatable bonds is 6. The molecular weight excluding hydrogens is 376 g/mol. The Hall–Kier alpha value is -0.830. The number of piperidine rings is 2.